The van der Waals surface area contributed by atoms with Crippen molar-refractivity contribution in [2.24, 2.45) is 5.11 Å². The van der Waals surface area contributed by atoms with Crippen molar-refractivity contribution in [1.82, 2.24) is 0 Å². The van der Waals surface area contributed by atoms with Gasteiger partial charge in [0.1, 0.15) is 5.76 Å². The van der Waals surface area contributed by atoms with Gasteiger partial charge in [-0.05, 0) is 51.8 Å². The summed E-state index contributed by atoms with van der Waals surface area (Å²) in [5.74, 6) is 0.898. The molecule has 1 aromatic heterocycles. The van der Waals surface area contributed by atoms with Gasteiger partial charge in [0, 0.05) is 10.8 Å². The number of nitrogens with zero attached hydrogens (tertiary/aromatic N) is 3. The molecule has 1 saturated carbocycles. The van der Waals surface area contributed by atoms with E-state index in [1.54, 1.807) is 6.26 Å². The first-order chi connectivity index (χ1) is 10.0. The summed E-state index contributed by atoms with van der Waals surface area (Å²) in [6, 6.07) is 3.56. The SMILES string of the molecule is CC(C)O[C@@H]1[C@H](OC(C)C)[C@@H](c2ccco2)C[C@H]1N=[N+]=[N-]. The Bertz CT molecular complexity index is 480. The van der Waals surface area contributed by atoms with Gasteiger partial charge in [-0.1, -0.05) is 5.11 Å². The van der Waals surface area contributed by atoms with Crippen LogP contribution in [0.2, 0.25) is 0 Å². The van der Waals surface area contributed by atoms with E-state index < -0.39 is 0 Å². The zero-order valence-corrected chi connectivity index (χ0v) is 13.0. The third-order valence-electron chi connectivity index (χ3n) is 3.56. The lowest BCUT2D eigenvalue weighted by molar-refractivity contribution is -0.104. The topological polar surface area (TPSA) is 80.4 Å². The molecule has 1 aliphatic carbocycles. The Morgan fingerprint density at radius 1 is 1.24 bits per heavy atom. The minimum Gasteiger partial charge on any atom is -0.469 e. The quantitative estimate of drug-likeness (QED) is 0.451. The van der Waals surface area contributed by atoms with Crippen molar-refractivity contribution in [3.8, 4) is 0 Å². The lowest BCUT2D eigenvalue weighted by Gasteiger charge is -2.28. The Morgan fingerprint density at radius 2 is 1.90 bits per heavy atom. The maximum absolute atomic E-state index is 8.80. The van der Waals surface area contributed by atoms with E-state index in [1.807, 2.05) is 39.8 Å². The molecular formula is C15H23N3O3. The predicted molar refractivity (Wildman–Crippen MR) is 79.0 cm³/mol. The van der Waals surface area contributed by atoms with E-state index >= 15 is 0 Å². The molecule has 0 spiro atoms. The Morgan fingerprint density at radius 3 is 2.43 bits per heavy atom. The van der Waals surface area contributed by atoms with Gasteiger partial charge < -0.3 is 13.9 Å². The van der Waals surface area contributed by atoms with Crippen molar-refractivity contribution < 1.29 is 13.9 Å². The first-order valence-corrected chi connectivity index (χ1v) is 7.41. The van der Waals surface area contributed by atoms with Gasteiger partial charge in [0.05, 0.1) is 36.7 Å². The molecule has 0 bridgehead atoms. The second kappa shape index (κ2) is 6.98. The van der Waals surface area contributed by atoms with Gasteiger partial charge in [0.15, 0.2) is 0 Å². The molecule has 21 heavy (non-hydrogen) atoms. The molecule has 0 unspecified atom stereocenters. The summed E-state index contributed by atoms with van der Waals surface area (Å²) >= 11 is 0. The zero-order chi connectivity index (χ0) is 15.4. The number of hydrogen-bond donors (Lipinski definition) is 0. The molecule has 116 valence electrons. The largest absolute Gasteiger partial charge is 0.469 e. The molecule has 2 rings (SSSR count). The van der Waals surface area contributed by atoms with Crippen molar-refractivity contribution in [2.75, 3.05) is 0 Å². The fourth-order valence-electron chi connectivity index (χ4n) is 2.90. The highest BCUT2D eigenvalue weighted by molar-refractivity contribution is 5.15. The fourth-order valence-corrected chi connectivity index (χ4v) is 2.90. The maximum atomic E-state index is 8.80. The number of azide groups is 1. The van der Waals surface area contributed by atoms with Gasteiger partial charge in [-0.25, -0.2) is 0 Å². The molecule has 1 heterocycles. The molecule has 0 aliphatic heterocycles. The summed E-state index contributed by atoms with van der Waals surface area (Å²) in [7, 11) is 0. The average molecular weight is 293 g/mol. The lowest BCUT2D eigenvalue weighted by atomic mass is 10.0. The molecule has 0 saturated heterocycles. The number of rotatable bonds is 6. The fraction of sp³-hybridized carbons (Fsp3) is 0.733. The van der Waals surface area contributed by atoms with Crippen LogP contribution in [0.15, 0.2) is 27.9 Å². The molecule has 6 heteroatoms. The van der Waals surface area contributed by atoms with Crippen LogP contribution >= 0.6 is 0 Å². The molecule has 1 aromatic rings. The van der Waals surface area contributed by atoms with Crippen LogP contribution < -0.4 is 0 Å². The van der Waals surface area contributed by atoms with Crippen LogP contribution in [0.3, 0.4) is 0 Å². The van der Waals surface area contributed by atoms with Crippen LogP contribution in [-0.2, 0) is 9.47 Å². The molecule has 1 aliphatic rings. The third kappa shape index (κ3) is 3.79. The van der Waals surface area contributed by atoms with Gasteiger partial charge in [-0.15, -0.1) is 0 Å². The Kier molecular flexibility index (Phi) is 5.28. The van der Waals surface area contributed by atoms with Gasteiger partial charge in [0.25, 0.3) is 0 Å². The average Bonchev–Trinajstić information content (AvgIpc) is 3.00. The molecule has 6 nitrogen and oxygen atoms in total. The van der Waals surface area contributed by atoms with Crippen LogP contribution in [-0.4, -0.2) is 30.5 Å². The smallest absolute Gasteiger partial charge is 0.109 e. The van der Waals surface area contributed by atoms with Crippen molar-refractivity contribution in [2.45, 2.75) is 70.5 Å². The third-order valence-corrected chi connectivity index (χ3v) is 3.56. The van der Waals surface area contributed by atoms with Crippen LogP contribution in [0.1, 0.15) is 45.8 Å². The molecule has 1 fully saturated rings. The van der Waals surface area contributed by atoms with E-state index in [4.69, 9.17) is 19.4 Å². The van der Waals surface area contributed by atoms with Crippen LogP contribution in [0.4, 0.5) is 0 Å². The second-order valence-electron chi connectivity index (χ2n) is 5.93. The molecular weight excluding hydrogens is 270 g/mol. The van der Waals surface area contributed by atoms with E-state index in [9.17, 15) is 0 Å². The van der Waals surface area contributed by atoms with Crippen molar-refractivity contribution in [3.63, 3.8) is 0 Å². The summed E-state index contributed by atoms with van der Waals surface area (Å²) in [4.78, 5) is 2.96. The predicted octanol–water partition coefficient (Wildman–Crippen LogP) is 4.03. The first kappa shape index (κ1) is 15.9. The van der Waals surface area contributed by atoms with Crippen molar-refractivity contribution >= 4 is 0 Å². The summed E-state index contributed by atoms with van der Waals surface area (Å²) in [6.45, 7) is 7.93. The van der Waals surface area contributed by atoms with Gasteiger partial charge in [-0.2, -0.15) is 0 Å². The first-order valence-electron chi connectivity index (χ1n) is 7.41. The van der Waals surface area contributed by atoms with E-state index in [-0.39, 0.29) is 36.4 Å². The van der Waals surface area contributed by atoms with E-state index in [0.717, 1.165) is 5.76 Å². The summed E-state index contributed by atoms with van der Waals surface area (Å²) in [6.07, 6.45) is 2.01. The van der Waals surface area contributed by atoms with E-state index in [1.165, 1.54) is 0 Å². The van der Waals surface area contributed by atoms with Crippen LogP contribution in [0, 0.1) is 0 Å². The van der Waals surface area contributed by atoms with E-state index in [2.05, 4.69) is 10.0 Å². The van der Waals surface area contributed by atoms with E-state index in [0.29, 0.717) is 6.42 Å². The molecule has 0 radical (unpaired) electrons. The Balaban J connectivity index is 2.29. The Labute approximate surface area is 125 Å². The lowest BCUT2D eigenvalue weighted by Crippen LogP contribution is -2.38. The summed E-state index contributed by atoms with van der Waals surface area (Å²) in [5.41, 5.74) is 8.80. The van der Waals surface area contributed by atoms with Gasteiger partial charge in [-0.3, -0.25) is 0 Å². The van der Waals surface area contributed by atoms with Crippen molar-refractivity contribution in [3.05, 3.63) is 34.6 Å². The highest BCUT2D eigenvalue weighted by atomic mass is 16.6. The monoisotopic (exact) mass is 293 g/mol. The normalized spacial score (nSPS) is 29.0. The Hall–Kier alpha value is -1.49. The van der Waals surface area contributed by atoms with Crippen molar-refractivity contribution in [1.29, 1.82) is 0 Å². The molecule has 0 amide bonds. The molecule has 0 N–H and O–H groups in total. The zero-order valence-electron chi connectivity index (χ0n) is 13.0. The number of hydrogen-bond acceptors (Lipinski definition) is 4. The van der Waals surface area contributed by atoms with Gasteiger partial charge in [0.2, 0.25) is 0 Å². The van der Waals surface area contributed by atoms with Crippen LogP contribution in [0.5, 0.6) is 0 Å². The molecule has 0 aromatic carbocycles. The van der Waals surface area contributed by atoms with Gasteiger partial charge >= 0.3 is 0 Å². The summed E-state index contributed by atoms with van der Waals surface area (Å²) < 4.78 is 17.6. The second-order valence-corrected chi connectivity index (χ2v) is 5.93. The van der Waals surface area contributed by atoms with Crippen LogP contribution in [0.25, 0.3) is 10.4 Å². The highest BCUT2D eigenvalue weighted by Gasteiger charge is 2.47. The number of ether oxygens (including phenoxy) is 2. The summed E-state index contributed by atoms with van der Waals surface area (Å²) in [5, 5.41) is 3.91. The standard InChI is InChI=1S/C15H23N3O3/c1-9(2)20-14-11(13-6-5-7-19-13)8-12(17-18-16)15(14)21-10(3)4/h5-7,9-12,14-15H,8H2,1-4H3/t11-,12-,14-,15+/m1/s1. The maximum Gasteiger partial charge on any atom is 0.109 e. The highest BCUT2D eigenvalue weighted by Crippen LogP contribution is 2.41. The minimum absolute atomic E-state index is 0.0417. The minimum atomic E-state index is -0.251. The molecule has 4 atom stereocenters. The number of furan rings is 1.